The Morgan fingerprint density at radius 3 is 2.75 bits per heavy atom. The van der Waals surface area contributed by atoms with Crippen LogP contribution in [0.3, 0.4) is 0 Å². The van der Waals surface area contributed by atoms with E-state index in [1.54, 1.807) is 0 Å². The van der Waals surface area contributed by atoms with Crippen LogP contribution >= 0.6 is 0 Å². The molecule has 2 unspecified atom stereocenters. The summed E-state index contributed by atoms with van der Waals surface area (Å²) in [4.78, 5) is 11.9. The molecule has 92 valence electrons. The highest BCUT2D eigenvalue weighted by molar-refractivity contribution is 5.72. The maximum atomic E-state index is 11.9. The quantitative estimate of drug-likeness (QED) is 0.718. The van der Waals surface area contributed by atoms with Crippen molar-refractivity contribution in [3.8, 4) is 0 Å². The second-order valence-corrected chi connectivity index (χ2v) is 4.83. The van der Waals surface area contributed by atoms with Crippen LogP contribution in [-0.4, -0.2) is 37.9 Å². The van der Waals surface area contributed by atoms with E-state index in [-0.39, 0.29) is 18.0 Å². The monoisotopic (exact) mass is 227 g/mol. The Kier molecular flexibility index (Phi) is 4.18. The number of esters is 1. The van der Waals surface area contributed by atoms with E-state index in [2.05, 4.69) is 12.2 Å². The summed E-state index contributed by atoms with van der Waals surface area (Å²) in [5, 5.41) is 3.34. The van der Waals surface area contributed by atoms with Gasteiger partial charge in [-0.3, -0.25) is 4.79 Å². The largest absolute Gasteiger partial charge is 0.462 e. The first-order chi connectivity index (χ1) is 7.75. The van der Waals surface area contributed by atoms with E-state index in [0.717, 1.165) is 45.4 Å². The highest BCUT2D eigenvalue weighted by atomic mass is 16.6. The SMILES string of the molecule is CC1CC(C(=O)OC2CCOCC2)CCN1. The summed E-state index contributed by atoms with van der Waals surface area (Å²) >= 11 is 0. The van der Waals surface area contributed by atoms with Crippen LogP contribution in [0.1, 0.15) is 32.6 Å². The third-order valence-corrected chi connectivity index (χ3v) is 3.41. The fraction of sp³-hybridized carbons (Fsp3) is 0.917. The fourth-order valence-corrected chi connectivity index (χ4v) is 2.40. The number of hydrogen-bond donors (Lipinski definition) is 1. The number of piperidine rings is 1. The van der Waals surface area contributed by atoms with E-state index >= 15 is 0 Å². The summed E-state index contributed by atoms with van der Waals surface area (Å²) < 4.78 is 10.8. The molecule has 0 spiro atoms. The van der Waals surface area contributed by atoms with Gasteiger partial charge in [0.25, 0.3) is 0 Å². The zero-order valence-corrected chi connectivity index (χ0v) is 9.91. The van der Waals surface area contributed by atoms with E-state index in [4.69, 9.17) is 9.47 Å². The van der Waals surface area contributed by atoms with E-state index in [0.29, 0.717) is 6.04 Å². The summed E-state index contributed by atoms with van der Waals surface area (Å²) in [5.74, 6) is 0.0966. The maximum absolute atomic E-state index is 11.9. The van der Waals surface area contributed by atoms with Gasteiger partial charge in [-0.1, -0.05) is 0 Å². The van der Waals surface area contributed by atoms with Crippen LogP contribution in [0.5, 0.6) is 0 Å². The van der Waals surface area contributed by atoms with Gasteiger partial charge in [-0.05, 0) is 26.3 Å². The van der Waals surface area contributed by atoms with Crippen LogP contribution in [0.4, 0.5) is 0 Å². The van der Waals surface area contributed by atoms with Gasteiger partial charge in [-0.2, -0.15) is 0 Å². The lowest BCUT2D eigenvalue weighted by Crippen LogP contribution is -2.40. The third-order valence-electron chi connectivity index (χ3n) is 3.41. The second kappa shape index (κ2) is 5.64. The maximum Gasteiger partial charge on any atom is 0.309 e. The summed E-state index contributed by atoms with van der Waals surface area (Å²) in [6, 6.07) is 0.431. The number of carbonyl (C=O) groups is 1. The number of ether oxygens (including phenoxy) is 2. The van der Waals surface area contributed by atoms with Gasteiger partial charge >= 0.3 is 5.97 Å². The molecule has 0 amide bonds. The Balaban J connectivity index is 1.77. The molecule has 0 aliphatic carbocycles. The van der Waals surface area contributed by atoms with Gasteiger partial charge in [0.05, 0.1) is 19.1 Å². The number of hydrogen-bond acceptors (Lipinski definition) is 4. The van der Waals surface area contributed by atoms with Crippen LogP contribution in [0.2, 0.25) is 0 Å². The van der Waals surface area contributed by atoms with Crippen molar-refractivity contribution in [1.29, 1.82) is 0 Å². The molecule has 0 bridgehead atoms. The lowest BCUT2D eigenvalue weighted by Gasteiger charge is -2.29. The van der Waals surface area contributed by atoms with E-state index < -0.39 is 0 Å². The lowest BCUT2D eigenvalue weighted by molar-refractivity contribution is -0.159. The van der Waals surface area contributed by atoms with Gasteiger partial charge < -0.3 is 14.8 Å². The van der Waals surface area contributed by atoms with Crippen molar-refractivity contribution in [3.63, 3.8) is 0 Å². The highest BCUT2D eigenvalue weighted by Gasteiger charge is 2.28. The van der Waals surface area contributed by atoms with Crippen LogP contribution in [-0.2, 0) is 14.3 Å². The molecule has 0 radical (unpaired) electrons. The van der Waals surface area contributed by atoms with E-state index in [9.17, 15) is 4.79 Å². The van der Waals surface area contributed by atoms with E-state index in [1.807, 2.05) is 0 Å². The van der Waals surface area contributed by atoms with Crippen molar-refractivity contribution in [3.05, 3.63) is 0 Å². The first-order valence-electron chi connectivity index (χ1n) is 6.27. The van der Waals surface area contributed by atoms with Crippen LogP contribution in [0.15, 0.2) is 0 Å². The Bertz CT molecular complexity index is 238. The molecule has 2 fully saturated rings. The third kappa shape index (κ3) is 3.19. The summed E-state index contributed by atoms with van der Waals surface area (Å²) in [6.07, 6.45) is 3.61. The van der Waals surface area contributed by atoms with Crippen LogP contribution in [0.25, 0.3) is 0 Å². The van der Waals surface area contributed by atoms with Crippen LogP contribution < -0.4 is 5.32 Å². The molecular formula is C12H21NO3. The first kappa shape index (κ1) is 11.9. The molecule has 0 saturated carbocycles. The van der Waals surface area contributed by atoms with Crippen molar-refractivity contribution in [1.82, 2.24) is 5.32 Å². The van der Waals surface area contributed by atoms with Gasteiger partial charge in [-0.15, -0.1) is 0 Å². The summed E-state index contributed by atoms with van der Waals surface area (Å²) in [6.45, 7) is 4.49. The molecule has 2 atom stereocenters. The number of nitrogens with one attached hydrogen (secondary N) is 1. The minimum atomic E-state index is 0.000231. The summed E-state index contributed by atoms with van der Waals surface area (Å²) in [5.41, 5.74) is 0. The molecule has 2 aliphatic heterocycles. The van der Waals surface area contributed by atoms with Gasteiger partial charge in [0, 0.05) is 18.9 Å². The highest BCUT2D eigenvalue weighted by Crippen LogP contribution is 2.20. The zero-order valence-electron chi connectivity index (χ0n) is 9.91. The van der Waals surface area contributed by atoms with Crippen molar-refractivity contribution in [2.75, 3.05) is 19.8 Å². The minimum absolute atomic E-state index is 0.000231. The lowest BCUT2D eigenvalue weighted by atomic mass is 9.93. The Labute approximate surface area is 96.7 Å². The average Bonchev–Trinajstić information content (AvgIpc) is 2.30. The normalized spacial score (nSPS) is 32.3. The van der Waals surface area contributed by atoms with Gasteiger partial charge in [0.1, 0.15) is 6.10 Å². The van der Waals surface area contributed by atoms with Gasteiger partial charge in [0.2, 0.25) is 0 Å². The second-order valence-electron chi connectivity index (χ2n) is 4.83. The Morgan fingerprint density at radius 1 is 1.31 bits per heavy atom. The topological polar surface area (TPSA) is 47.6 Å². The van der Waals surface area contributed by atoms with Crippen molar-refractivity contribution < 1.29 is 14.3 Å². The Morgan fingerprint density at radius 2 is 2.06 bits per heavy atom. The predicted octanol–water partition coefficient (Wildman–Crippen LogP) is 1.10. The fourth-order valence-electron chi connectivity index (χ4n) is 2.40. The number of rotatable bonds is 2. The van der Waals surface area contributed by atoms with Crippen LogP contribution in [0, 0.1) is 5.92 Å². The molecule has 2 heterocycles. The molecule has 16 heavy (non-hydrogen) atoms. The first-order valence-corrected chi connectivity index (χ1v) is 6.27. The number of carbonyl (C=O) groups excluding carboxylic acids is 1. The van der Waals surface area contributed by atoms with Gasteiger partial charge in [-0.25, -0.2) is 0 Å². The van der Waals surface area contributed by atoms with Crippen molar-refractivity contribution in [2.24, 2.45) is 5.92 Å². The summed E-state index contributed by atoms with van der Waals surface area (Å²) in [7, 11) is 0. The predicted molar refractivity (Wildman–Crippen MR) is 60.1 cm³/mol. The molecule has 0 aromatic rings. The molecule has 2 aliphatic rings. The molecule has 4 nitrogen and oxygen atoms in total. The molecule has 0 aromatic carbocycles. The molecule has 4 heteroatoms. The van der Waals surface area contributed by atoms with E-state index in [1.165, 1.54) is 0 Å². The molecule has 2 rings (SSSR count). The molecule has 2 saturated heterocycles. The molecule has 1 N–H and O–H groups in total. The standard InChI is InChI=1S/C12H21NO3/c1-9-8-10(2-5-13-9)12(14)16-11-3-6-15-7-4-11/h9-11,13H,2-8H2,1H3. The average molecular weight is 227 g/mol. The Hall–Kier alpha value is -0.610. The van der Waals surface area contributed by atoms with Crippen molar-refractivity contribution >= 4 is 5.97 Å². The minimum Gasteiger partial charge on any atom is -0.462 e. The molecule has 0 aromatic heterocycles. The van der Waals surface area contributed by atoms with Crippen molar-refractivity contribution in [2.45, 2.75) is 44.8 Å². The zero-order chi connectivity index (χ0) is 11.4. The molecular weight excluding hydrogens is 206 g/mol. The smallest absolute Gasteiger partial charge is 0.309 e. The van der Waals surface area contributed by atoms with Gasteiger partial charge in [0.15, 0.2) is 0 Å².